The van der Waals surface area contributed by atoms with Crippen LogP contribution in [-0.4, -0.2) is 7.05 Å². The van der Waals surface area contributed by atoms with E-state index in [2.05, 4.69) is 47.2 Å². The largest absolute Gasteiger partial charge is 0.309 e. The zero-order valence-electron chi connectivity index (χ0n) is 10.6. The van der Waals surface area contributed by atoms with Crippen LogP contribution in [0.5, 0.6) is 0 Å². The maximum atomic E-state index is 6.00. The van der Waals surface area contributed by atoms with Crippen molar-refractivity contribution >= 4 is 38.9 Å². The number of benzene rings is 1. The van der Waals surface area contributed by atoms with Gasteiger partial charge in [0.05, 0.1) is 6.04 Å². The van der Waals surface area contributed by atoms with Gasteiger partial charge in [-0.2, -0.15) is 0 Å². The monoisotopic (exact) mass is 343 g/mol. The number of aryl methyl sites for hydroxylation is 2. The summed E-state index contributed by atoms with van der Waals surface area (Å²) >= 11 is 11.4. The minimum atomic E-state index is 0.204. The van der Waals surface area contributed by atoms with Crippen LogP contribution in [0.15, 0.2) is 28.7 Å². The highest BCUT2D eigenvalue weighted by atomic mass is 79.9. The third-order valence-corrected chi connectivity index (χ3v) is 5.04. The molecule has 0 amide bonds. The van der Waals surface area contributed by atoms with Crippen molar-refractivity contribution in [3.05, 3.63) is 54.6 Å². The van der Waals surface area contributed by atoms with Crippen LogP contribution in [0.25, 0.3) is 0 Å². The average molecular weight is 345 g/mol. The van der Waals surface area contributed by atoms with Crippen LogP contribution in [0.3, 0.4) is 0 Å². The number of rotatable bonds is 3. The summed E-state index contributed by atoms with van der Waals surface area (Å²) in [5.41, 5.74) is 2.55. The molecule has 0 aliphatic carbocycles. The Balaban J connectivity index is 2.48. The van der Waals surface area contributed by atoms with Crippen LogP contribution in [-0.2, 0) is 0 Å². The number of halogens is 2. The van der Waals surface area contributed by atoms with Gasteiger partial charge in [-0.25, -0.2) is 0 Å². The summed E-state index contributed by atoms with van der Waals surface area (Å²) in [4.78, 5) is 2.70. The highest BCUT2D eigenvalue weighted by Crippen LogP contribution is 2.35. The highest BCUT2D eigenvalue weighted by molar-refractivity contribution is 9.10. The van der Waals surface area contributed by atoms with E-state index in [0.29, 0.717) is 0 Å². The molecule has 1 unspecified atom stereocenters. The molecule has 1 nitrogen and oxygen atoms in total. The SMILES string of the molecule is CNC(c1ccc(Cl)cc1Br)c1sc(C)cc1C. The van der Waals surface area contributed by atoms with E-state index in [0.717, 1.165) is 9.50 Å². The number of hydrogen-bond acceptors (Lipinski definition) is 2. The lowest BCUT2D eigenvalue weighted by atomic mass is 10.0. The summed E-state index contributed by atoms with van der Waals surface area (Å²) in [6, 6.07) is 8.38. The Morgan fingerprint density at radius 2 is 2.00 bits per heavy atom. The molecule has 1 aromatic heterocycles. The van der Waals surface area contributed by atoms with Crippen molar-refractivity contribution in [1.82, 2.24) is 5.32 Å². The predicted molar refractivity (Wildman–Crippen MR) is 83.8 cm³/mol. The molecule has 4 heteroatoms. The lowest BCUT2D eigenvalue weighted by molar-refractivity contribution is 0.697. The fraction of sp³-hybridized carbons (Fsp3) is 0.286. The van der Waals surface area contributed by atoms with Crippen molar-refractivity contribution in [2.75, 3.05) is 7.05 Å². The molecule has 0 fully saturated rings. The van der Waals surface area contributed by atoms with E-state index in [4.69, 9.17) is 11.6 Å². The predicted octanol–water partition coefficient (Wildman–Crippen LogP) is 5.09. The van der Waals surface area contributed by atoms with E-state index >= 15 is 0 Å². The standard InChI is InChI=1S/C14H15BrClNS/c1-8-6-9(2)18-14(8)13(17-3)11-5-4-10(16)7-12(11)15/h4-7,13,17H,1-3H3. The van der Waals surface area contributed by atoms with Gasteiger partial charge in [0.2, 0.25) is 0 Å². The molecule has 1 N–H and O–H groups in total. The van der Waals surface area contributed by atoms with Crippen LogP contribution in [0.1, 0.15) is 26.9 Å². The third kappa shape index (κ3) is 2.80. The van der Waals surface area contributed by atoms with Crippen molar-refractivity contribution in [2.45, 2.75) is 19.9 Å². The van der Waals surface area contributed by atoms with Gasteiger partial charge in [-0.1, -0.05) is 33.6 Å². The Morgan fingerprint density at radius 1 is 1.28 bits per heavy atom. The molecule has 18 heavy (non-hydrogen) atoms. The summed E-state index contributed by atoms with van der Waals surface area (Å²) < 4.78 is 1.04. The molecule has 2 rings (SSSR count). The molecule has 1 atom stereocenters. The van der Waals surface area contributed by atoms with E-state index in [1.54, 1.807) is 0 Å². The molecule has 0 aliphatic rings. The van der Waals surface area contributed by atoms with E-state index in [1.807, 2.05) is 30.5 Å². The highest BCUT2D eigenvalue weighted by Gasteiger charge is 2.19. The summed E-state index contributed by atoms with van der Waals surface area (Å²) in [6.07, 6.45) is 0. The van der Waals surface area contributed by atoms with Crippen molar-refractivity contribution in [2.24, 2.45) is 0 Å². The van der Waals surface area contributed by atoms with Crippen molar-refractivity contribution in [3.63, 3.8) is 0 Å². The van der Waals surface area contributed by atoms with Crippen LogP contribution < -0.4 is 5.32 Å². The van der Waals surface area contributed by atoms with Gasteiger partial charge in [-0.05, 0) is 50.2 Å². The Bertz CT molecular complexity index is 565. The first-order chi connectivity index (χ1) is 8.52. The topological polar surface area (TPSA) is 12.0 Å². The van der Waals surface area contributed by atoms with E-state index < -0.39 is 0 Å². The van der Waals surface area contributed by atoms with Gasteiger partial charge in [-0.3, -0.25) is 0 Å². The Morgan fingerprint density at radius 3 is 2.50 bits per heavy atom. The maximum Gasteiger partial charge on any atom is 0.0682 e. The van der Waals surface area contributed by atoms with Crippen LogP contribution in [0, 0.1) is 13.8 Å². The van der Waals surface area contributed by atoms with E-state index in [1.165, 1.54) is 20.9 Å². The van der Waals surface area contributed by atoms with Gasteiger partial charge in [-0.15, -0.1) is 11.3 Å². The molecule has 0 saturated heterocycles. The van der Waals surface area contributed by atoms with Crippen molar-refractivity contribution in [3.8, 4) is 0 Å². The van der Waals surface area contributed by atoms with Crippen LogP contribution in [0.2, 0.25) is 5.02 Å². The number of thiophene rings is 1. The summed E-state index contributed by atoms with van der Waals surface area (Å²) in [7, 11) is 1.99. The maximum absolute atomic E-state index is 6.00. The second-order valence-corrected chi connectivity index (χ2v) is 6.87. The van der Waals surface area contributed by atoms with Crippen molar-refractivity contribution in [1.29, 1.82) is 0 Å². The molecule has 0 bridgehead atoms. The smallest absolute Gasteiger partial charge is 0.0682 e. The van der Waals surface area contributed by atoms with Gasteiger partial charge < -0.3 is 5.32 Å². The molecule has 0 spiro atoms. The minimum Gasteiger partial charge on any atom is -0.309 e. The fourth-order valence-electron chi connectivity index (χ4n) is 2.11. The summed E-state index contributed by atoms with van der Waals surface area (Å²) in [5.74, 6) is 0. The van der Waals surface area contributed by atoms with E-state index in [9.17, 15) is 0 Å². The van der Waals surface area contributed by atoms with E-state index in [-0.39, 0.29) is 6.04 Å². The normalized spacial score (nSPS) is 12.7. The zero-order valence-corrected chi connectivity index (χ0v) is 13.7. The Hall–Kier alpha value is -0.350. The molecule has 0 saturated carbocycles. The first-order valence-corrected chi connectivity index (χ1v) is 7.71. The molecule has 2 aromatic rings. The van der Waals surface area contributed by atoms with Gasteiger partial charge in [0.1, 0.15) is 0 Å². The molecule has 0 radical (unpaired) electrons. The second kappa shape index (κ2) is 5.74. The lowest BCUT2D eigenvalue weighted by Gasteiger charge is -2.18. The fourth-order valence-corrected chi connectivity index (χ4v) is 4.19. The molecule has 1 heterocycles. The lowest BCUT2D eigenvalue weighted by Crippen LogP contribution is -2.17. The average Bonchev–Trinajstić information content (AvgIpc) is 2.62. The molecule has 96 valence electrons. The van der Waals surface area contributed by atoms with Crippen LogP contribution >= 0.6 is 38.9 Å². The minimum absolute atomic E-state index is 0.204. The van der Waals surface area contributed by atoms with Gasteiger partial charge >= 0.3 is 0 Å². The Kier molecular flexibility index (Phi) is 4.49. The summed E-state index contributed by atoms with van der Waals surface area (Å²) in [5, 5.41) is 4.14. The molecular formula is C14H15BrClNS. The first kappa shape index (κ1) is 14.1. The molecule has 1 aromatic carbocycles. The summed E-state index contributed by atoms with van der Waals surface area (Å²) in [6.45, 7) is 4.30. The third-order valence-electron chi connectivity index (χ3n) is 2.90. The van der Waals surface area contributed by atoms with Gasteiger partial charge in [0.25, 0.3) is 0 Å². The first-order valence-electron chi connectivity index (χ1n) is 5.72. The van der Waals surface area contributed by atoms with Gasteiger partial charge in [0.15, 0.2) is 0 Å². The molecular weight excluding hydrogens is 330 g/mol. The number of hydrogen-bond donors (Lipinski definition) is 1. The Labute approximate surface area is 125 Å². The quantitative estimate of drug-likeness (QED) is 0.818. The number of nitrogens with one attached hydrogen (secondary N) is 1. The van der Waals surface area contributed by atoms with Crippen LogP contribution in [0.4, 0.5) is 0 Å². The molecule has 0 aliphatic heterocycles. The zero-order chi connectivity index (χ0) is 13.3. The second-order valence-electron chi connectivity index (χ2n) is 4.29. The van der Waals surface area contributed by atoms with Crippen molar-refractivity contribution < 1.29 is 0 Å². The van der Waals surface area contributed by atoms with Gasteiger partial charge in [0, 0.05) is 19.2 Å².